The van der Waals surface area contributed by atoms with Gasteiger partial charge in [0.05, 0.1) is 12.2 Å². The highest BCUT2D eigenvalue weighted by molar-refractivity contribution is 5.78. The Bertz CT molecular complexity index is 946. The van der Waals surface area contributed by atoms with Crippen molar-refractivity contribution in [3.05, 3.63) is 20.8 Å². The van der Waals surface area contributed by atoms with Crippen LogP contribution in [-0.4, -0.2) is 55.1 Å². The molecule has 1 saturated heterocycles. The van der Waals surface area contributed by atoms with E-state index in [-0.39, 0.29) is 23.4 Å². The lowest BCUT2D eigenvalue weighted by atomic mass is 10.2. The van der Waals surface area contributed by atoms with Gasteiger partial charge in [-0.15, -0.1) is 0 Å². The second-order valence-corrected chi connectivity index (χ2v) is 6.43. The van der Waals surface area contributed by atoms with Gasteiger partial charge < -0.3 is 14.7 Å². The van der Waals surface area contributed by atoms with Gasteiger partial charge in [0.2, 0.25) is 5.95 Å². The highest BCUT2D eigenvalue weighted by Crippen LogP contribution is 2.23. The van der Waals surface area contributed by atoms with Crippen molar-refractivity contribution in [2.45, 2.75) is 32.6 Å². The van der Waals surface area contributed by atoms with Crippen molar-refractivity contribution >= 4 is 23.1 Å². The normalized spacial score (nSPS) is 21.0. The van der Waals surface area contributed by atoms with Gasteiger partial charge in [0, 0.05) is 27.2 Å². The van der Waals surface area contributed by atoms with Crippen molar-refractivity contribution in [1.82, 2.24) is 18.7 Å². The number of hydrogen-bond acceptors (Lipinski definition) is 6. The molecule has 0 aromatic carbocycles. The number of aromatic nitrogens is 4. The van der Waals surface area contributed by atoms with E-state index in [1.54, 1.807) is 0 Å². The third kappa shape index (κ3) is 2.82. The first kappa shape index (κ1) is 17.2. The van der Waals surface area contributed by atoms with Gasteiger partial charge in [0.15, 0.2) is 11.2 Å². The number of rotatable bonds is 3. The molecule has 1 fully saturated rings. The van der Waals surface area contributed by atoms with Crippen molar-refractivity contribution < 1.29 is 14.6 Å². The van der Waals surface area contributed by atoms with Crippen LogP contribution in [0.15, 0.2) is 9.59 Å². The fraction of sp³-hybridized carbons (Fsp3) is 0.600. The molecule has 1 N–H and O–H groups in total. The summed E-state index contributed by atoms with van der Waals surface area (Å²) in [6.45, 7) is 4.45. The summed E-state index contributed by atoms with van der Waals surface area (Å²) in [5.41, 5.74) is -0.787. The molecule has 0 amide bonds. The summed E-state index contributed by atoms with van der Waals surface area (Å²) in [5, 5.41) is 9.29. The summed E-state index contributed by atoms with van der Waals surface area (Å²) in [6.07, 6.45) is -0.123. The molecule has 1 aliphatic heterocycles. The van der Waals surface area contributed by atoms with E-state index in [9.17, 15) is 19.5 Å². The van der Waals surface area contributed by atoms with Gasteiger partial charge in [-0.25, -0.2) is 4.79 Å². The van der Waals surface area contributed by atoms with Crippen LogP contribution in [0.1, 0.15) is 13.8 Å². The molecule has 1 aliphatic rings. The summed E-state index contributed by atoms with van der Waals surface area (Å²) >= 11 is 0. The fourth-order valence-corrected chi connectivity index (χ4v) is 3.30. The Hall–Kier alpha value is -2.62. The van der Waals surface area contributed by atoms with Crippen LogP contribution >= 0.6 is 0 Å². The summed E-state index contributed by atoms with van der Waals surface area (Å²) in [5.74, 6) is -0.733. The zero-order valence-electron chi connectivity index (χ0n) is 14.6. The van der Waals surface area contributed by atoms with Crippen molar-refractivity contribution in [1.29, 1.82) is 0 Å². The Morgan fingerprint density at radius 2 is 1.80 bits per heavy atom. The lowest BCUT2D eigenvalue weighted by Gasteiger charge is -2.35. The standard InChI is InChI=1S/C15H21N5O5/c1-8-5-19(6-9(2)25-8)14-16-12-11(20(14)7-10(21)22)13(23)18(4)15(24)17(12)3/h8-9H,5-7H2,1-4H3,(H,21,22)/t8-,9-/m1/s1. The van der Waals surface area contributed by atoms with Crippen LogP contribution in [0.5, 0.6) is 0 Å². The average molecular weight is 351 g/mol. The van der Waals surface area contributed by atoms with Crippen LogP contribution in [0.3, 0.4) is 0 Å². The summed E-state index contributed by atoms with van der Waals surface area (Å²) in [4.78, 5) is 42.4. The van der Waals surface area contributed by atoms with Crippen LogP contribution in [-0.2, 0) is 30.2 Å². The number of aryl methyl sites for hydroxylation is 1. The second-order valence-electron chi connectivity index (χ2n) is 6.43. The van der Waals surface area contributed by atoms with Crippen molar-refractivity contribution in [2.75, 3.05) is 18.0 Å². The van der Waals surface area contributed by atoms with Crippen LogP contribution in [0, 0.1) is 0 Å². The zero-order valence-corrected chi connectivity index (χ0v) is 14.6. The number of hydrogen-bond donors (Lipinski definition) is 1. The molecule has 0 spiro atoms. The minimum absolute atomic E-state index is 0.0616. The second kappa shape index (κ2) is 6.03. The minimum Gasteiger partial charge on any atom is -0.480 e. The molecular weight excluding hydrogens is 330 g/mol. The Labute approximate surface area is 142 Å². The summed E-state index contributed by atoms with van der Waals surface area (Å²) in [6, 6.07) is 0. The lowest BCUT2D eigenvalue weighted by molar-refractivity contribution is -0.137. The van der Waals surface area contributed by atoms with Gasteiger partial charge in [-0.05, 0) is 13.8 Å². The molecule has 25 heavy (non-hydrogen) atoms. The molecule has 3 rings (SSSR count). The molecule has 2 atom stereocenters. The molecule has 10 heteroatoms. The zero-order chi connectivity index (χ0) is 18.5. The monoisotopic (exact) mass is 351 g/mol. The number of carboxylic acid groups (broad SMARTS) is 1. The highest BCUT2D eigenvalue weighted by Gasteiger charge is 2.29. The first-order valence-corrected chi connectivity index (χ1v) is 7.99. The molecule has 136 valence electrons. The Morgan fingerprint density at radius 3 is 2.36 bits per heavy atom. The van der Waals surface area contributed by atoms with E-state index in [2.05, 4.69) is 4.98 Å². The van der Waals surface area contributed by atoms with Gasteiger partial charge in [-0.1, -0.05) is 0 Å². The Balaban J connectivity index is 2.30. The molecule has 2 aromatic heterocycles. The predicted molar refractivity (Wildman–Crippen MR) is 90.1 cm³/mol. The van der Waals surface area contributed by atoms with Crippen LogP contribution in [0.25, 0.3) is 11.2 Å². The average Bonchev–Trinajstić information content (AvgIpc) is 2.88. The predicted octanol–water partition coefficient (Wildman–Crippen LogP) is -0.868. The van der Waals surface area contributed by atoms with Gasteiger partial charge in [0.1, 0.15) is 6.54 Å². The third-order valence-electron chi connectivity index (χ3n) is 4.32. The SMILES string of the molecule is C[C@@H]1CN(c2nc3c(c(=O)n(C)c(=O)n3C)n2CC(=O)O)C[C@@H](C)O1. The molecule has 2 aromatic rings. The van der Waals surface area contributed by atoms with Crippen LogP contribution < -0.4 is 16.1 Å². The Morgan fingerprint density at radius 1 is 1.20 bits per heavy atom. The molecule has 10 nitrogen and oxygen atoms in total. The number of imidazole rings is 1. The minimum atomic E-state index is -1.09. The van der Waals surface area contributed by atoms with Crippen molar-refractivity contribution in [3.63, 3.8) is 0 Å². The first-order chi connectivity index (χ1) is 11.7. The van der Waals surface area contributed by atoms with E-state index in [4.69, 9.17) is 4.74 Å². The van der Waals surface area contributed by atoms with Crippen LogP contribution in [0.2, 0.25) is 0 Å². The van der Waals surface area contributed by atoms with Crippen molar-refractivity contribution in [3.8, 4) is 0 Å². The number of morpholine rings is 1. The number of carbonyl (C=O) groups is 1. The van der Waals surface area contributed by atoms with E-state index in [1.165, 1.54) is 23.2 Å². The first-order valence-electron chi connectivity index (χ1n) is 7.99. The van der Waals surface area contributed by atoms with E-state index in [1.807, 2.05) is 18.7 Å². The fourth-order valence-electron chi connectivity index (χ4n) is 3.30. The molecule has 0 bridgehead atoms. The van der Waals surface area contributed by atoms with E-state index < -0.39 is 23.8 Å². The highest BCUT2D eigenvalue weighted by atomic mass is 16.5. The van der Waals surface area contributed by atoms with Gasteiger partial charge in [-0.3, -0.25) is 23.3 Å². The largest absolute Gasteiger partial charge is 0.480 e. The van der Waals surface area contributed by atoms with Crippen LogP contribution in [0.4, 0.5) is 5.95 Å². The number of aliphatic carboxylic acids is 1. The molecule has 0 unspecified atom stereocenters. The van der Waals surface area contributed by atoms with Gasteiger partial charge in [0.25, 0.3) is 5.56 Å². The lowest BCUT2D eigenvalue weighted by Crippen LogP contribution is -2.46. The van der Waals surface area contributed by atoms with Crippen molar-refractivity contribution in [2.24, 2.45) is 14.1 Å². The van der Waals surface area contributed by atoms with E-state index >= 15 is 0 Å². The molecule has 0 saturated carbocycles. The summed E-state index contributed by atoms with van der Waals surface area (Å²) < 4.78 is 9.28. The molecular formula is C15H21N5O5. The molecule has 0 radical (unpaired) electrons. The maximum atomic E-state index is 12.6. The molecule has 3 heterocycles. The quantitative estimate of drug-likeness (QED) is 0.765. The topological polar surface area (TPSA) is 112 Å². The van der Waals surface area contributed by atoms with Gasteiger partial charge >= 0.3 is 11.7 Å². The smallest absolute Gasteiger partial charge is 0.332 e. The number of anilines is 1. The number of ether oxygens (including phenoxy) is 1. The van der Waals surface area contributed by atoms with Gasteiger partial charge in [-0.2, -0.15) is 4.98 Å². The molecule has 0 aliphatic carbocycles. The number of fused-ring (bicyclic) bond motifs is 1. The maximum absolute atomic E-state index is 12.6. The number of nitrogens with zero attached hydrogens (tertiary/aromatic N) is 5. The van der Waals surface area contributed by atoms with E-state index in [0.717, 1.165) is 4.57 Å². The number of carboxylic acids is 1. The van der Waals surface area contributed by atoms with E-state index in [0.29, 0.717) is 19.0 Å². The Kier molecular flexibility index (Phi) is 4.15. The maximum Gasteiger partial charge on any atom is 0.332 e. The summed E-state index contributed by atoms with van der Waals surface area (Å²) in [7, 11) is 2.87. The third-order valence-corrected chi connectivity index (χ3v) is 4.32.